The second kappa shape index (κ2) is 5.63. The van der Waals surface area contributed by atoms with Crippen molar-refractivity contribution in [1.82, 2.24) is 10.2 Å². The van der Waals surface area contributed by atoms with Crippen LogP contribution in [0.3, 0.4) is 0 Å². The topological polar surface area (TPSA) is 94.9 Å². The molecular weight excluding hydrogens is 340 g/mol. The fourth-order valence-electron chi connectivity index (χ4n) is 1.19. The lowest BCUT2D eigenvalue weighted by Crippen LogP contribution is -1.90. The maximum atomic E-state index is 10.6. The first-order valence-corrected chi connectivity index (χ1v) is 7.30. The Morgan fingerprint density at radius 1 is 1.50 bits per heavy atom. The number of nitro groups is 1. The van der Waals surface area contributed by atoms with Gasteiger partial charge in [-0.2, -0.15) is 0 Å². The number of nitrogen functional groups attached to an aromatic ring is 1. The van der Waals surface area contributed by atoms with Crippen molar-refractivity contribution in [3.63, 3.8) is 0 Å². The third-order valence-corrected chi connectivity index (χ3v) is 4.69. The predicted molar refractivity (Wildman–Crippen MR) is 74.7 cm³/mol. The molecule has 0 aliphatic carbocycles. The summed E-state index contributed by atoms with van der Waals surface area (Å²) < 4.78 is 1.49. The number of rotatable bonds is 4. The first kappa shape index (κ1) is 13.2. The van der Waals surface area contributed by atoms with E-state index in [2.05, 4.69) is 26.1 Å². The van der Waals surface area contributed by atoms with Gasteiger partial charge in [0.1, 0.15) is 0 Å². The second-order valence-electron chi connectivity index (χ2n) is 3.23. The predicted octanol–water partition coefficient (Wildman–Crippen LogP) is 3.08. The lowest BCUT2D eigenvalue weighted by atomic mass is 10.2. The van der Waals surface area contributed by atoms with E-state index in [1.165, 1.54) is 35.2 Å². The molecule has 1 aromatic heterocycles. The van der Waals surface area contributed by atoms with Crippen molar-refractivity contribution < 1.29 is 4.92 Å². The highest BCUT2D eigenvalue weighted by Gasteiger charge is 2.10. The summed E-state index contributed by atoms with van der Waals surface area (Å²) in [5.74, 6) is 0.646. The van der Waals surface area contributed by atoms with Crippen molar-refractivity contribution >= 4 is 49.8 Å². The molecule has 0 atom stereocenters. The van der Waals surface area contributed by atoms with E-state index in [1.807, 2.05) is 0 Å². The highest BCUT2D eigenvalue weighted by molar-refractivity contribution is 9.10. The van der Waals surface area contributed by atoms with E-state index in [0.29, 0.717) is 15.4 Å². The van der Waals surface area contributed by atoms with Gasteiger partial charge >= 0.3 is 0 Å². The Labute approximate surface area is 119 Å². The highest BCUT2D eigenvalue weighted by Crippen LogP contribution is 2.31. The molecule has 2 aromatic rings. The van der Waals surface area contributed by atoms with Gasteiger partial charge in [0.2, 0.25) is 5.13 Å². The monoisotopic (exact) mass is 346 g/mol. The minimum Gasteiger partial charge on any atom is -0.374 e. The molecule has 1 aromatic carbocycles. The molecule has 0 radical (unpaired) electrons. The smallest absolute Gasteiger partial charge is 0.270 e. The number of hydrogen-bond donors (Lipinski definition) is 1. The van der Waals surface area contributed by atoms with Gasteiger partial charge in [-0.3, -0.25) is 10.1 Å². The van der Waals surface area contributed by atoms with Crippen LogP contribution in [-0.2, 0) is 5.75 Å². The summed E-state index contributed by atoms with van der Waals surface area (Å²) in [5, 5.41) is 18.6. The minimum absolute atomic E-state index is 0.0655. The molecule has 9 heteroatoms. The standard InChI is InChI=1S/C9H7BrN4O2S2/c10-7-3-6(14(15)16)2-1-5(7)4-17-9-13-12-8(11)18-9/h1-3H,4H2,(H2,11,12). The Kier molecular flexibility index (Phi) is 4.15. The Hall–Kier alpha value is -1.19. The van der Waals surface area contributed by atoms with Crippen LogP contribution in [0.25, 0.3) is 0 Å². The van der Waals surface area contributed by atoms with E-state index in [4.69, 9.17) is 5.73 Å². The average Bonchev–Trinajstić information content (AvgIpc) is 2.73. The number of halogens is 1. The summed E-state index contributed by atoms with van der Waals surface area (Å²) in [6.07, 6.45) is 0. The Balaban J connectivity index is 2.08. The van der Waals surface area contributed by atoms with Gasteiger partial charge in [-0.1, -0.05) is 45.1 Å². The van der Waals surface area contributed by atoms with Gasteiger partial charge in [-0.25, -0.2) is 0 Å². The van der Waals surface area contributed by atoms with Crippen LogP contribution in [0.1, 0.15) is 5.56 Å². The molecule has 18 heavy (non-hydrogen) atoms. The number of aromatic nitrogens is 2. The largest absolute Gasteiger partial charge is 0.374 e. The summed E-state index contributed by atoms with van der Waals surface area (Å²) >= 11 is 6.12. The highest BCUT2D eigenvalue weighted by atomic mass is 79.9. The molecule has 94 valence electrons. The zero-order valence-corrected chi connectivity index (χ0v) is 12.1. The third kappa shape index (κ3) is 3.18. The molecule has 0 aliphatic heterocycles. The van der Waals surface area contributed by atoms with Crippen LogP contribution in [0.2, 0.25) is 0 Å². The Morgan fingerprint density at radius 2 is 2.28 bits per heavy atom. The van der Waals surface area contributed by atoms with E-state index < -0.39 is 4.92 Å². The van der Waals surface area contributed by atoms with Crippen LogP contribution in [0, 0.1) is 10.1 Å². The number of thioether (sulfide) groups is 1. The zero-order chi connectivity index (χ0) is 13.1. The molecule has 0 saturated heterocycles. The van der Waals surface area contributed by atoms with Crippen LogP contribution in [0.15, 0.2) is 27.0 Å². The van der Waals surface area contributed by atoms with Gasteiger partial charge < -0.3 is 5.73 Å². The van der Waals surface area contributed by atoms with Crippen molar-refractivity contribution in [3.8, 4) is 0 Å². The van der Waals surface area contributed by atoms with Gasteiger partial charge in [-0.15, -0.1) is 10.2 Å². The van der Waals surface area contributed by atoms with E-state index in [-0.39, 0.29) is 5.69 Å². The number of nitrogens with zero attached hydrogens (tertiary/aromatic N) is 3. The lowest BCUT2D eigenvalue weighted by Gasteiger charge is -2.02. The molecule has 0 unspecified atom stereocenters. The molecule has 6 nitrogen and oxygen atoms in total. The Bertz CT molecular complexity index is 590. The Morgan fingerprint density at radius 3 is 2.83 bits per heavy atom. The summed E-state index contributed by atoms with van der Waals surface area (Å²) in [7, 11) is 0. The molecule has 0 amide bonds. The summed E-state index contributed by atoms with van der Waals surface area (Å²) in [4.78, 5) is 10.2. The third-order valence-electron chi connectivity index (χ3n) is 2.02. The normalized spacial score (nSPS) is 10.5. The molecular formula is C9H7BrN4O2S2. The van der Waals surface area contributed by atoms with Gasteiger partial charge in [0, 0.05) is 22.4 Å². The summed E-state index contributed by atoms with van der Waals surface area (Å²) in [6.45, 7) is 0. The van der Waals surface area contributed by atoms with Crippen LogP contribution in [0.4, 0.5) is 10.8 Å². The van der Waals surface area contributed by atoms with Crippen LogP contribution >= 0.6 is 39.0 Å². The van der Waals surface area contributed by atoms with E-state index >= 15 is 0 Å². The van der Waals surface area contributed by atoms with Crippen LogP contribution < -0.4 is 5.73 Å². The number of benzene rings is 1. The SMILES string of the molecule is Nc1nnc(SCc2ccc([N+](=O)[O-])cc2Br)s1. The van der Waals surface area contributed by atoms with Gasteiger partial charge in [0.15, 0.2) is 4.34 Å². The number of nitro benzene ring substituents is 1. The number of anilines is 1. The van der Waals surface area contributed by atoms with Crippen LogP contribution in [-0.4, -0.2) is 15.1 Å². The molecule has 0 spiro atoms. The van der Waals surface area contributed by atoms with E-state index in [9.17, 15) is 10.1 Å². The van der Waals surface area contributed by atoms with E-state index in [1.54, 1.807) is 6.07 Å². The molecule has 2 N–H and O–H groups in total. The number of nitrogens with two attached hydrogens (primary N) is 1. The van der Waals surface area contributed by atoms with Crippen molar-refractivity contribution in [2.24, 2.45) is 0 Å². The maximum Gasteiger partial charge on any atom is 0.270 e. The minimum atomic E-state index is -0.423. The molecule has 0 aliphatic rings. The fourth-order valence-corrected chi connectivity index (χ4v) is 3.52. The molecule has 2 rings (SSSR count). The molecule has 1 heterocycles. The number of hydrogen-bond acceptors (Lipinski definition) is 7. The average molecular weight is 347 g/mol. The second-order valence-corrected chi connectivity index (χ2v) is 6.31. The summed E-state index contributed by atoms with van der Waals surface area (Å²) in [5.41, 5.74) is 6.50. The van der Waals surface area contributed by atoms with Gasteiger partial charge in [-0.05, 0) is 5.56 Å². The molecule has 0 bridgehead atoms. The first-order valence-electron chi connectivity index (χ1n) is 4.71. The van der Waals surface area contributed by atoms with Crippen molar-refractivity contribution in [1.29, 1.82) is 0 Å². The fraction of sp³-hybridized carbons (Fsp3) is 0.111. The summed E-state index contributed by atoms with van der Waals surface area (Å²) in [6, 6.07) is 4.69. The maximum absolute atomic E-state index is 10.6. The zero-order valence-electron chi connectivity index (χ0n) is 8.87. The molecule has 0 fully saturated rings. The van der Waals surface area contributed by atoms with Gasteiger partial charge in [0.25, 0.3) is 5.69 Å². The van der Waals surface area contributed by atoms with Crippen molar-refractivity contribution in [2.45, 2.75) is 10.1 Å². The first-order chi connectivity index (χ1) is 8.56. The van der Waals surface area contributed by atoms with Crippen molar-refractivity contribution in [2.75, 3.05) is 5.73 Å². The van der Waals surface area contributed by atoms with E-state index in [0.717, 1.165) is 9.90 Å². The van der Waals surface area contributed by atoms with Crippen molar-refractivity contribution in [3.05, 3.63) is 38.3 Å². The molecule has 0 saturated carbocycles. The quantitative estimate of drug-likeness (QED) is 0.519. The van der Waals surface area contributed by atoms with Gasteiger partial charge in [0.05, 0.1) is 4.92 Å². The number of non-ortho nitro benzene ring substituents is 1. The van der Waals surface area contributed by atoms with Crippen LogP contribution in [0.5, 0.6) is 0 Å². The lowest BCUT2D eigenvalue weighted by molar-refractivity contribution is -0.384.